The number of ether oxygens (including phenoxy) is 1. The normalized spacial score (nSPS) is 15.3. The molecule has 2 aromatic rings. The minimum absolute atomic E-state index is 0. The molecule has 0 aliphatic carbocycles. The van der Waals surface area contributed by atoms with Crippen molar-refractivity contribution in [1.82, 2.24) is 25.6 Å². The Morgan fingerprint density at radius 1 is 1.33 bits per heavy atom. The lowest BCUT2D eigenvalue weighted by Gasteiger charge is -2.37. The predicted molar refractivity (Wildman–Crippen MR) is 111 cm³/mol. The quantitative estimate of drug-likeness (QED) is 0.694. The van der Waals surface area contributed by atoms with E-state index in [1.54, 1.807) is 25.7 Å². The molecular formula is C17H25Cl2N5O2S. The number of piperidine rings is 1. The molecule has 1 fully saturated rings. The first kappa shape index (κ1) is 23.7. The molecular weight excluding hydrogens is 409 g/mol. The SMILES string of the molecule is COCC1(CNC(=O)Cc2csc(-c3cnccn3)n2)CCNCC1.Cl.Cl. The van der Waals surface area contributed by atoms with Crippen molar-refractivity contribution in [3.8, 4) is 10.7 Å². The van der Waals surface area contributed by atoms with E-state index >= 15 is 0 Å². The van der Waals surface area contributed by atoms with Crippen LogP contribution in [0.2, 0.25) is 0 Å². The van der Waals surface area contributed by atoms with Gasteiger partial charge >= 0.3 is 0 Å². The molecule has 0 spiro atoms. The van der Waals surface area contributed by atoms with Crippen LogP contribution in [0.4, 0.5) is 0 Å². The zero-order chi connectivity index (χ0) is 17.5. The van der Waals surface area contributed by atoms with E-state index in [9.17, 15) is 4.79 Å². The zero-order valence-electron chi connectivity index (χ0n) is 15.1. The number of thiazole rings is 1. The molecule has 1 aliphatic heterocycles. The first-order valence-electron chi connectivity index (χ1n) is 8.38. The Hall–Kier alpha value is -1.32. The van der Waals surface area contributed by atoms with Crippen molar-refractivity contribution in [2.24, 2.45) is 5.41 Å². The van der Waals surface area contributed by atoms with Gasteiger partial charge < -0.3 is 15.4 Å². The molecule has 1 amide bonds. The predicted octanol–water partition coefficient (Wildman–Crippen LogP) is 2.12. The summed E-state index contributed by atoms with van der Waals surface area (Å²) in [7, 11) is 1.72. The summed E-state index contributed by atoms with van der Waals surface area (Å²) in [6.45, 7) is 3.24. The standard InChI is InChI=1S/C17H23N5O2S.2ClH/c1-24-12-17(2-4-18-5-3-17)11-21-15(23)8-13-10-25-16(22-13)14-9-19-6-7-20-14;;/h6-7,9-10,18H,2-5,8,11-12H2,1H3,(H,21,23);2*1H. The van der Waals surface area contributed by atoms with Gasteiger partial charge in [0.25, 0.3) is 0 Å². The number of amides is 1. The van der Waals surface area contributed by atoms with Gasteiger partial charge in [0.15, 0.2) is 0 Å². The average molecular weight is 434 g/mol. The number of rotatable bonds is 7. The lowest BCUT2D eigenvalue weighted by molar-refractivity contribution is -0.121. The molecule has 7 nitrogen and oxygen atoms in total. The molecule has 0 saturated carbocycles. The number of halogens is 2. The van der Waals surface area contributed by atoms with E-state index in [1.807, 2.05) is 5.38 Å². The van der Waals surface area contributed by atoms with E-state index in [-0.39, 0.29) is 42.6 Å². The fraction of sp³-hybridized carbons (Fsp3) is 0.529. The van der Waals surface area contributed by atoms with Gasteiger partial charge in [0.1, 0.15) is 10.7 Å². The highest BCUT2D eigenvalue weighted by molar-refractivity contribution is 7.13. The third kappa shape index (κ3) is 6.65. The Kier molecular flexibility index (Phi) is 10.1. The van der Waals surface area contributed by atoms with Crippen LogP contribution < -0.4 is 10.6 Å². The Morgan fingerprint density at radius 2 is 2.11 bits per heavy atom. The van der Waals surface area contributed by atoms with E-state index in [2.05, 4.69) is 25.6 Å². The van der Waals surface area contributed by atoms with Crippen LogP contribution in [0.5, 0.6) is 0 Å². The molecule has 0 aromatic carbocycles. The Balaban J connectivity index is 0.00000182. The van der Waals surface area contributed by atoms with Gasteiger partial charge in [-0.25, -0.2) is 4.98 Å². The molecule has 2 N–H and O–H groups in total. The number of aromatic nitrogens is 3. The molecule has 3 heterocycles. The molecule has 0 unspecified atom stereocenters. The largest absolute Gasteiger partial charge is 0.384 e. The van der Waals surface area contributed by atoms with E-state index in [1.165, 1.54) is 11.3 Å². The van der Waals surface area contributed by atoms with E-state index < -0.39 is 0 Å². The maximum absolute atomic E-state index is 12.3. The van der Waals surface area contributed by atoms with Crippen molar-refractivity contribution < 1.29 is 9.53 Å². The minimum Gasteiger partial charge on any atom is -0.384 e. The Bertz CT molecular complexity index is 690. The van der Waals surface area contributed by atoms with Gasteiger partial charge in [-0.2, -0.15) is 0 Å². The van der Waals surface area contributed by atoms with Crippen molar-refractivity contribution in [3.05, 3.63) is 29.7 Å². The molecule has 2 aromatic heterocycles. The van der Waals surface area contributed by atoms with Gasteiger partial charge in [0, 0.05) is 36.8 Å². The topological polar surface area (TPSA) is 89.0 Å². The lowest BCUT2D eigenvalue weighted by Crippen LogP contribution is -2.47. The Labute approximate surface area is 175 Å². The maximum atomic E-state index is 12.3. The zero-order valence-corrected chi connectivity index (χ0v) is 17.6. The summed E-state index contributed by atoms with van der Waals surface area (Å²) in [5.74, 6) is -0.00925. The van der Waals surface area contributed by atoms with Crippen LogP contribution in [-0.2, 0) is 16.0 Å². The van der Waals surface area contributed by atoms with Crippen molar-refractivity contribution in [2.45, 2.75) is 19.3 Å². The van der Waals surface area contributed by atoms with Gasteiger partial charge in [-0.1, -0.05) is 0 Å². The second-order valence-corrected chi connectivity index (χ2v) is 7.23. The highest BCUT2D eigenvalue weighted by atomic mass is 35.5. The Morgan fingerprint density at radius 3 is 2.78 bits per heavy atom. The molecule has 0 bridgehead atoms. The van der Waals surface area contributed by atoms with E-state index in [4.69, 9.17) is 4.74 Å². The summed E-state index contributed by atoms with van der Waals surface area (Å²) < 4.78 is 5.38. The highest BCUT2D eigenvalue weighted by Gasteiger charge is 2.32. The number of carbonyl (C=O) groups excluding carboxylic acids is 1. The maximum Gasteiger partial charge on any atom is 0.226 e. The smallest absolute Gasteiger partial charge is 0.226 e. The number of nitrogens with zero attached hydrogens (tertiary/aromatic N) is 3. The van der Waals surface area contributed by atoms with Gasteiger partial charge in [0.2, 0.25) is 5.91 Å². The minimum atomic E-state index is -0.00925. The highest BCUT2D eigenvalue weighted by Crippen LogP contribution is 2.28. The summed E-state index contributed by atoms with van der Waals surface area (Å²) in [6.07, 6.45) is 7.23. The molecule has 10 heteroatoms. The molecule has 1 saturated heterocycles. The van der Waals surface area contributed by atoms with Crippen LogP contribution in [0, 0.1) is 5.41 Å². The molecule has 27 heavy (non-hydrogen) atoms. The van der Waals surface area contributed by atoms with Gasteiger partial charge in [0.05, 0.1) is 24.9 Å². The molecule has 1 aliphatic rings. The summed E-state index contributed by atoms with van der Waals surface area (Å²) in [5, 5.41) is 9.11. The van der Waals surface area contributed by atoms with Crippen molar-refractivity contribution in [2.75, 3.05) is 33.4 Å². The van der Waals surface area contributed by atoms with Crippen LogP contribution in [0.1, 0.15) is 18.5 Å². The second kappa shape index (κ2) is 11.5. The number of hydrogen-bond acceptors (Lipinski definition) is 7. The van der Waals surface area contributed by atoms with E-state index in [0.717, 1.165) is 42.3 Å². The molecule has 0 atom stereocenters. The van der Waals surface area contributed by atoms with Crippen LogP contribution in [0.15, 0.2) is 24.0 Å². The molecule has 150 valence electrons. The van der Waals surface area contributed by atoms with Crippen LogP contribution >= 0.6 is 36.2 Å². The number of hydrogen-bond donors (Lipinski definition) is 2. The van der Waals surface area contributed by atoms with Gasteiger partial charge in [-0.05, 0) is 25.9 Å². The first-order valence-corrected chi connectivity index (χ1v) is 9.26. The van der Waals surface area contributed by atoms with Crippen molar-refractivity contribution in [1.29, 1.82) is 0 Å². The first-order chi connectivity index (χ1) is 12.2. The van der Waals surface area contributed by atoms with Crippen molar-refractivity contribution >= 4 is 42.1 Å². The summed E-state index contributed by atoms with van der Waals surface area (Å²) in [4.78, 5) is 25.1. The monoisotopic (exact) mass is 433 g/mol. The summed E-state index contributed by atoms with van der Waals surface area (Å²) >= 11 is 1.48. The third-order valence-electron chi connectivity index (χ3n) is 4.45. The number of nitrogens with one attached hydrogen (secondary N) is 2. The second-order valence-electron chi connectivity index (χ2n) is 6.37. The van der Waals surface area contributed by atoms with Crippen molar-refractivity contribution in [3.63, 3.8) is 0 Å². The van der Waals surface area contributed by atoms with Crippen LogP contribution in [0.25, 0.3) is 10.7 Å². The fourth-order valence-corrected chi connectivity index (χ4v) is 3.84. The average Bonchev–Trinajstić information content (AvgIpc) is 3.10. The van der Waals surface area contributed by atoms with Gasteiger partial charge in [-0.3, -0.25) is 14.8 Å². The van der Waals surface area contributed by atoms with Crippen LogP contribution in [-0.4, -0.2) is 54.2 Å². The molecule has 0 radical (unpaired) electrons. The lowest BCUT2D eigenvalue weighted by atomic mass is 9.79. The van der Waals surface area contributed by atoms with Gasteiger partial charge in [-0.15, -0.1) is 36.2 Å². The van der Waals surface area contributed by atoms with E-state index in [0.29, 0.717) is 13.2 Å². The summed E-state index contributed by atoms with van der Waals surface area (Å²) in [6, 6.07) is 0. The number of carbonyl (C=O) groups is 1. The summed E-state index contributed by atoms with van der Waals surface area (Å²) in [5.41, 5.74) is 1.52. The third-order valence-corrected chi connectivity index (χ3v) is 5.36. The number of methoxy groups -OCH3 is 1. The van der Waals surface area contributed by atoms with Crippen LogP contribution in [0.3, 0.4) is 0 Å². The molecule has 3 rings (SSSR count). The fourth-order valence-electron chi connectivity index (χ4n) is 3.06.